The normalized spacial score (nSPS) is 14.9. The molecule has 1 aliphatic rings. The zero-order valence-corrected chi connectivity index (χ0v) is 15.5. The molecule has 0 bridgehead atoms. The maximum atomic E-state index is 13.6. The number of amides is 2. The highest BCUT2D eigenvalue weighted by molar-refractivity contribution is 5.93. The number of nitrogens with zero attached hydrogens (tertiary/aromatic N) is 1. The molecule has 29 heavy (non-hydrogen) atoms. The van der Waals surface area contributed by atoms with Crippen LogP contribution in [0.1, 0.15) is 30.5 Å². The fourth-order valence-electron chi connectivity index (χ4n) is 3.05. The van der Waals surface area contributed by atoms with Gasteiger partial charge in [-0.3, -0.25) is 14.4 Å². The molecule has 0 saturated carbocycles. The first-order valence-corrected chi connectivity index (χ1v) is 8.81. The van der Waals surface area contributed by atoms with Gasteiger partial charge >= 0.3 is 5.97 Å². The van der Waals surface area contributed by atoms with E-state index in [1.807, 2.05) is 18.2 Å². The van der Waals surface area contributed by atoms with E-state index in [-0.39, 0.29) is 18.0 Å². The molecule has 0 unspecified atom stereocenters. The van der Waals surface area contributed by atoms with Gasteiger partial charge in [0.2, 0.25) is 5.91 Å². The van der Waals surface area contributed by atoms with E-state index in [4.69, 9.17) is 4.74 Å². The fraction of sp³-hybridized carbons (Fsp3) is 0.190. The molecule has 1 N–H and O–H groups in total. The molecule has 2 amide bonds. The lowest BCUT2D eigenvalue weighted by atomic mass is 9.94. The van der Waals surface area contributed by atoms with Crippen LogP contribution in [0.5, 0.6) is 0 Å². The molecule has 1 atom stereocenters. The van der Waals surface area contributed by atoms with Gasteiger partial charge in [0, 0.05) is 19.2 Å². The fourth-order valence-corrected chi connectivity index (χ4v) is 3.05. The van der Waals surface area contributed by atoms with E-state index < -0.39 is 36.2 Å². The third kappa shape index (κ3) is 4.84. The number of esters is 1. The molecule has 2 aromatic carbocycles. The van der Waals surface area contributed by atoms with Crippen LogP contribution in [0, 0.1) is 11.6 Å². The van der Waals surface area contributed by atoms with Crippen LogP contribution in [-0.2, 0) is 19.1 Å². The summed E-state index contributed by atoms with van der Waals surface area (Å²) in [6.07, 6.45) is 3.23. The number of hydrogen-bond acceptors (Lipinski definition) is 4. The van der Waals surface area contributed by atoms with Crippen molar-refractivity contribution in [2.45, 2.75) is 19.4 Å². The minimum atomic E-state index is -0.938. The lowest BCUT2D eigenvalue weighted by molar-refractivity contribution is -0.149. The van der Waals surface area contributed by atoms with E-state index in [1.54, 1.807) is 18.3 Å². The summed E-state index contributed by atoms with van der Waals surface area (Å²) in [5, 5.41) is 2.21. The van der Waals surface area contributed by atoms with Gasteiger partial charge in [-0.1, -0.05) is 24.3 Å². The first kappa shape index (κ1) is 20.2. The summed E-state index contributed by atoms with van der Waals surface area (Å²) >= 11 is 0. The van der Waals surface area contributed by atoms with Crippen molar-refractivity contribution >= 4 is 29.5 Å². The maximum absolute atomic E-state index is 13.6. The van der Waals surface area contributed by atoms with Crippen LogP contribution in [0.3, 0.4) is 0 Å². The predicted molar refractivity (Wildman–Crippen MR) is 101 cm³/mol. The minimum absolute atomic E-state index is 0.154. The first-order valence-electron chi connectivity index (χ1n) is 8.81. The van der Waals surface area contributed by atoms with Gasteiger partial charge in [-0.2, -0.15) is 0 Å². The Balaban J connectivity index is 1.61. The van der Waals surface area contributed by atoms with Gasteiger partial charge < -0.3 is 15.0 Å². The molecule has 0 saturated heterocycles. The molecule has 0 aliphatic carbocycles. The zero-order chi connectivity index (χ0) is 21.0. The van der Waals surface area contributed by atoms with Crippen LogP contribution in [0.15, 0.2) is 48.7 Å². The number of anilines is 1. The zero-order valence-electron chi connectivity index (χ0n) is 15.5. The molecule has 3 rings (SSSR count). The summed E-state index contributed by atoms with van der Waals surface area (Å²) < 4.78 is 31.4. The average Bonchev–Trinajstić information content (AvgIpc) is 2.68. The third-order valence-corrected chi connectivity index (χ3v) is 4.40. The Labute approximate surface area is 165 Å². The summed E-state index contributed by atoms with van der Waals surface area (Å²) in [7, 11) is 0. The largest absolute Gasteiger partial charge is 0.455 e. The maximum Gasteiger partial charge on any atom is 0.308 e. The van der Waals surface area contributed by atoms with Gasteiger partial charge in [-0.15, -0.1) is 0 Å². The Morgan fingerprint density at radius 2 is 1.90 bits per heavy atom. The number of nitrogens with one attached hydrogen (secondary N) is 1. The quantitative estimate of drug-likeness (QED) is 0.781. The SMILES string of the molecule is CC(=O)N1C=Cc2ccccc2[C@H]1CC(=O)OCC(=O)Nc1ccc(F)cc1F. The van der Waals surface area contributed by atoms with Gasteiger partial charge in [-0.05, 0) is 29.3 Å². The molecule has 0 aromatic heterocycles. The summed E-state index contributed by atoms with van der Waals surface area (Å²) in [5.74, 6) is -3.41. The second kappa shape index (κ2) is 8.64. The van der Waals surface area contributed by atoms with E-state index in [2.05, 4.69) is 5.32 Å². The molecule has 0 fully saturated rings. The Hall–Kier alpha value is -3.55. The highest BCUT2D eigenvalue weighted by atomic mass is 19.1. The van der Waals surface area contributed by atoms with Crippen molar-refractivity contribution < 1.29 is 27.9 Å². The van der Waals surface area contributed by atoms with Crippen LogP contribution in [0.4, 0.5) is 14.5 Å². The number of carbonyl (C=O) groups is 3. The lowest BCUT2D eigenvalue weighted by Gasteiger charge is -2.32. The van der Waals surface area contributed by atoms with Gasteiger partial charge in [0.25, 0.3) is 5.91 Å². The highest BCUT2D eigenvalue weighted by Crippen LogP contribution is 2.33. The van der Waals surface area contributed by atoms with Gasteiger partial charge in [0.05, 0.1) is 18.2 Å². The number of ether oxygens (including phenoxy) is 1. The van der Waals surface area contributed by atoms with Crippen LogP contribution in [0.2, 0.25) is 0 Å². The monoisotopic (exact) mass is 400 g/mol. The highest BCUT2D eigenvalue weighted by Gasteiger charge is 2.29. The second-order valence-electron chi connectivity index (χ2n) is 6.42. The number of benzene rings is 2. The third-order valence-electron chi connectivity index (χ3n) is 4.40. The molecule has 0 spiro atoms. The van der Waals surface area contributed by atoms with Crippen molar-refractivity contribution in [1.29, 1.82) is 0 Å². The van der Waals surface area contributed by atoms with Crippen molar-refractivity contribution in [2.24, 2.45) is 0 Å². The molecule has 0 radical (unpaired) electrons. The Morgan fingerprint density at radius 3 is 2.62 bits per heavy atom. The van der Waals surface area contributed by atoms with Crippen LogP contribution in [-0.4, -0.2) is 29.3 Å². The van der Waals surface area contributed by atoms with Crippen LogP contribution < -0.4 is 5.32 Å². The van der Waals surface area contributed by atoms with Crippen molar-refractivity contribution in [3.63, 3.8) is 0 Å². The summed E-state index contributed by atoms with van der Waals surface area (Å²) in [6, 6.07) is 9.48. The molecular weight excluding hydrogens is 382 g/mol. The number of fused-ring (bicyclic) bond motifs is 1. The molecule has 8 heteroatoms. The number of halogens is 2. The van der Waals surface area contributed by atoms with E-state index in [1.165, 1.54) is 11.8 Å². The topological polar surface area (TPSA) is 75.7 Å². The van der Waals surface area contributed by atoms with Gasteiger partial charge in [-0.25, -0.2) is 8.78 Å². The van der Waals surface area contributed by atoms with Crippen molar-refractivity contribution in [2.75, 3.05) is 11.9 Å². The second-order valence-corrected chi connectivity index (χ2v) is 6.42. The number of hydrogen-bond donors (Lipinski definition) is 1. The molecule has 1 heterocycles. The van der Waals surface area contributed by atoms with Gasteiger partial charge in [0.15, 0.2) is 6.61 Å². The smallest absolute Gasteiger partial charge is 0.308 e. The summed E-state index contributed by atoms with van der Waals surface area (Å²) in [6.45, 7) is 0.751. The van der Waals surface area contributed by atoms with Crippen LogP contribution >= 0.6 is 0 Å². The van der Waals surface area contributed by atoms with Crippen molar-refractivity contribution in [1.82, 2.24) is 4.90 Å². The molecule has 2 aromatic rings. The van der Waals surface area contributed by atoms with Gasteiger partial charge in [0.1, 0.15) is 11.6 Å². The van der Waals surface area contributed by atoms with E-state index in [9.17, 15) is 23.2 Å². The Kier molecular flexibility index (Phi) is 6.01. The lowest BCUT2D eigenvalue weighted by Crippen LogP contribution is -2.33. The minimum Gasteiger partial charge on any atom is -0.455 e. The summed E-state index contributed by atoms with van der Waals surface area (Å²) in [4.78, 5) is 37.5. The van der Waals surface area contributed by atoms with Crippen molar-refractivity contribution in [3.05, 3.63) is 71.4 Å². The number of rotatable bonds is 5. The average molecular weight is 400 g/mol. The number of carbonyl (C=O) groups excluding carboxylic acids is 3. The van der Waals surface area contributed by atoms with Crippen LogP contribution in [0.25, 0.3) is 6.08 Å². The summed E-state index contributed by atoms with van der Waals surface area (Å²) in [5.41, 5.74) is 1.45. The molecular formula is C21H18F2N2O4. The standard InChI is InChI=1S/C21H18F2N2O4/c1-13(26)25-9-8-14-4-2-3-5-16(14)19(25)11-21(28)29-12-20(27)24-18-7-6-15(22)10-17(18)23/h2-10,19H,11-12H2,1H3,(H,24,27)/t19-/m1/s1. The molecule has 6 nitrogen and oxygen atoms in total. The Morgan fingerprint density at radius 1 is 1.14 bits per heavy atom. The molecule has 1 aliphatic heterocycles. The van der Waals surface area contributed by atoms with E-state index in [0.29, 0.717) is 6.07 Å². The van der Waals surface area contributed by atoms with E-state index >= 15 is 0 Å². The van der Waals surface area contributed by atoms with E-state index in [0.717, 1.165) is 23.3 Å². The Bertz CT molecular complexity index is 990. The molecule has 150 valence electrons. The van der Waals surface area contributed by atoms with Crippen molar-refractivity contribution in [3.8, 4) is 0 Å². The first-order chi connectivity index (χ1) is 13.8. The predicted octanol–water partition coefficient (Wildman–Crippen LogP) is 3.41.